The third-order valence-corrected chi connectivity index (χ3v) is 5.31. The highest BCUT2D eigenvalue weighted by atomic mass is 19.4. The fourth-order valence-electron chi connectivity index (χ4n) is 3.61. The van der Waals surface area contributed by atoms with Crippen LogP contribution >= 0.6 is 0 Å². The quantitative estimate of drug-likeness (QED) is 0.799. The molecule has 0 radical (unpaired) electrons. The van der Waals surface area contributed by atoms with Gasteiger partial charge in [-0.05, 0) is 30.7 Å². The Kier molecular flexibility index (Phi) is 6.52. The molecule has 3 rings (SSSR count). The second-order valence-corrected chi connectivity index (χ2v) is 8.16. The van der Waals surface area contributed by atoms with E-state index in [1.54, 1.807) is 13.2 Å². The molecule has 0 bridgehead atoms. The maximum atomic E-state index is 13.7. The van der Waals surface area contributed by atoms with Crippen molar-refractivity contribution in [1.82, 2.24) is 19.6 Å². The number of rotatable bonds is 5. The number of amides is 1. The predicted octanol–water partition coefficient (Wildman–Crippen LogP) is 3.56. The Balaban J connectivity index is 1.82. The molecule has 2 heterocycles. The number of aromatic nitrogens is 2. The standard InChI is InChI=1S/C21H28F3N5O/c1-14(2)19-17(13-28(4)26-19)20(30)25-16-6-5-15(18(11-16)21(22,23)24)12-29-9-7-27(3)8-10-29/h5-6,11,13-14H,7-10,12H2,1-4H3,(H,25,30). The van der Waals surface area contributed by atoms with Gasteiger partial charge in [-0.25, -0.2) is 0 Å². The molecule has 0 unspecified atom stereocenters. The van der Waals surface area contributed by atoms with E-state index in [0.29, 0.717) is 11.3 Å². The zero-order chi connectivity index (χ0) is 22.1. The van der Waals surface area contributed by atoms with Crippen molar-refractivity contribution in [3.05, 3.63) is 46.8 Å². The Morgan fingerprint density at radius 3 is 2.43 bits per heavy atom. The first-order valence-electron chi connectivity index (χ1n) is 10.0. The molecule has 1 aliphatic rings. The summed E-state index contributed by atoms with van der Waals surface area (Å²) in [4.78, 5) is 16.9. The van der Waals surface area contributed by atoms with E-state index < -0.39 is 17.6 Å². The van der Waals surface area contributed by atoms with Crippen molar-refractivity contribution in [2.75, 3.05) is 38.5 Å². The monoisotopic (exact) mass is 423 g/mol. The zero-order valence-corrected chi connectivity index (χ0v) is 17.8. The number of carbonyl (C=O) groups excluding carboxylic acids is 1. The van der Waals surface area contributed by atoms with Gasteiger partial charge < -0.3 is 10.2 Å². The van der Waals surface area contributed by atoms with Crippen molar-refractivity contribution in [3.63, 3.8) is 0 Å². The minimum atomic E-state index is -4.50. The molecule has 1 saturated heterocycles. The van der Waals surface area contributed by atoms with Crippen LogP contribution in [0.5, 0.6) is 0 Å². The SMILES string of the molecule is CC(C)c1nn(C)cc1C(=O)Nc1ccc(CN2CCN(C)CC2)c(C(F)(F)F)c1. The van der Waals surface area contributed by atoms with Crippen LogP contribution in [0.4, 0.5) is 18.9 Å². The number of likely N-dealkylation sites (N-methyl/N-ethyl adjacent to an activating group) is 1. The van der Waals surface area contributed by atoms with Crippen LogP contribution < -0.4 is 5.32 Å². The minimum absolute atomic E-state index is 0.0173. The number of hydrogen-bond acceptors (Lipinski definition) is 4. The maximum Gasteiger partial charge on any atom is 0.416 e. The molecule has 2 aromatic rings. The lowest BCUT2D eigenvalue weighted by Crippen LogP contribution is -2.44. The molecule has 164 valence electrons. The topological polar surface area (TPSA) is 53.4 Å². The smallest absolute Gasteiger partial charge is 0.322 e. The van der Waals surface area contributed by atoms with Gasteiger partial charge in [0.05, 0.1) is 16.8 Å². The summed E-state index contributed by atoms with van der Waals surface area (Å²) in [6, 6.07) is 4.02. The first kappa shape index (κ1) is 22.3. The van der Waals surface area contributed by atoms with Gasteiger partial charge in [-0.3, -0.25) is 14.4 Å². The van der Waals surface area contributed by atoms with E-state index in [2.05, 4.69) is 15.3 Å². The van der Waals surface area contributed by atoms with Gasteiger partial charge in [0.1, 0.15) is 0 Å². The van der Waals surface area contributed by atoms with Crippen LogP contribution in [-0.2, 0) is 19.8 Å². The number of benzene rings is 1. The third kappa shape index (κ3) is 5.20. The molecule has 6 nitrogen and oxygen atoms in total. The lowest BCUT2D eigenvalue weighted by atomic mass is 10.0. The van der Waals surface area contributed by atoms with Crippen LogP contribution in [0.15, 0.2) is 24.4 Å². The number of piperazine rings is 1. The van der Waals surface area contributed by atoms with Gasteiger partial charge in [0, 0.05) is 51.7 Å². The van der Waals surface area contributed by atoms with Crippen LogP contribution in [0.25, 0.3) is 0 Å². The van der Waals surface area contributed by atoms with Gasteiger partial charge in [0.2, 0.25) is 0 Å². The molecule has 30 heavy (non-hydrogen) atoms. The van der Waals surface area contributed by atoms with E-state index in [9.17, 15) is 18.0 Å². The third-order valence-electron chi connectivity index (χ3n) is 5.31. The van der Waals surface area contributed by atoms with Crippen molar-refractivity contribution in [3.8, 4) is 0 Å². The second kappa shape index (κ2) is 8.77. The van der Waals surface area contributed by atoms with Crippen molar-refractivity contribution < 1.29 is 18.0 Å². The van der Waals surface area contributed by atoms with Gasteiger partial charge >= 0.3 is 6.18 Å². The molecule has 1 amide bonds. The van der Waals surface area contributed by atoms with E-state index in [4.69, 9.17) is 0 Å². The lowest BCUT2D eigenvalue weighted by molar-refractivity contribution is -0.138. The molecule has 1 fully saturated rings. The van der Waals surface area contributed by atoms with E-state index in [1.165, 1.54) is 16.8 Å². The molecular formula is C21H28F3N5O. The highest BCUT2D eigenvalue weighted by Crippen LogP contribution is 2.35. The van der Waals surface area contributed by atoms with Crippen molar-refractivity contribution in [1.29, 1.82) is 0 Å². The molecule has 1 aliphatic heterocycles. The number of nitrogens with zero attached hydrogens (tertiary/aromatic N) is 4. The fourth-order valence-corrected chi connectivity index (χ4v) is 3.61. The van der Waals surface area contributed by atoms with Crippen LogP contribution in [0.3, 0.4) is 0 Å². The second-order valence-electron chi connectivity index (χ2n) is 8.16. The summed E-state index contributed by atoms with van der Waals surface area (Å²) in [7, 11) is 3.71. The molecule has 0 saturated carbocycles. The van der Waals surface area contributed by atoms with E-state index in [1.807, 2.05) is 25.8 Å². The average molecular weight is 423 g/mol. The summed E-state index contributed by atoms with van der Waals surface area (Å²) in [6.45, 7) is 7.17. The highest BCUT2D eigenvalue weighted by Gasteiger charge is 2.34. The van der Waals surface area contributed by atoms with Gasteiger partial charge in [0.25, 0.3) is 5.91 Å². The number of anilines is 1. The Morgan fingerprint density at radius 2 is 1.83 bits per heavy atom. The van der Waals surface area contributed by atoms with E-state index in [-0.39, 0.29) is 23.7 Å². The molecule has 0 aliphatic carbocycles. The normalized spacial score (nSPS) is 16.3. The van der Waals surface area contributed by atoms with Gasteiger partial charge in [-0.1, -0.05) is 19.9 Å². The number of halogens is 3. The Morgan fingerprint density at radius 1 is 1.17 bits per heavy atom. The Bertz CT molecular complexity index is 899. The number of nitrogens with one attached hydrogen (secondary N) is 1. The average Bonchev–Trinajstić information content (AvgIpc) is 3.06. The van der Waals surface area contributed by atoms with Crippen LogP contribution in [0, 0.1) is 0 Å². The number of hydrogen-bond donors (Lipinski definition) is 1. The first-order chi connectivity index (χ1) is 14.0. The molecule has 9 heteroatoms. The number of aryl methyl sites for hydroxylation is 1. The minimum Gasteiger partial charge on any atom is -0.322 e. The molecule has 1 aromatic carbocycles. The summed E-state index contributed by atoms with van der Waals surface area (Å²) in [5, 5.41) is 6.88. The molecule has 1 N–H and O–H groups in total. The summed E-state index contributed by atoms with van der Waals surface area (Å²) >= 11 is 0. The molecular weight excluding hydrogens is 395 g/mol. The van der Waals surface area contributed by atoms with Gasteiger partial charge in [0.15, 0.2) is 0 Å². The highest BCUT2D eigenvalue weighted by molar-refractivity contribution is 6.05. The van der Waals surface area contributed by atoms with E-state index >= 15 is 0 Å². The molecule has 0 spiro atoms. The largest absolute Gasteiger partial charge is 0.416 e. The number of alkyl halides is 3. The maximum absolute atomic E-state index is 13.7. The van der Waals surface area contributed by atoms with Crippen LogP contribution in [0.2, 0.25) is 0 Å². The molecule has 1 aromatic heterocycles. The predicted molar refractivity (Wildman–Crippen MR) is 109 cm³/mol. The van der Waals surface area contributed by atoms with Crippen molar-refractivity contribution >= 4 is 11.6 Å². The van der Waals surface area contributed by atoms with Crippen LogP contribution in [0.1, 0.15) is 46.9 Å². The van der Waals surface area contributed by atoms with Crippen LogP contribution in [-0.4, -0.2) is 58.7 Å². The van der Waals surface area contributed by atoms with Gasteiger partial charge in [-0.2, -0.15) is 18.3 Å². The summed E-state index contributed by atoms with van der Waals surface area (Å²) < 4.78 is 42.7. The van der Waals surface area contributed by atoms with Crippen molar-refractivity contribution in [2.45, 2.75) is 32.5 Å². The lowest BCUT2D eigenvalue weighted by Gasteiger charge is -2.33. The van der Waals surface area contributed by atoms with Gasteiger partial charge in [-0.15, -0.1) is 0 Å². The molecule has 0 atom stereocenters. The van der Waals surface area contributed by atoms with E-state index in [0.717, 1.165) is 32.2 Å². The Labute approximate surface area is 174 Å². The summed E-state index contributed by atoms with van der Waals surface area (Å²) in [5.74, 6) is -0.449. The summed E-state index contributed by atoms with van der Waals surface area (Å²) in [6.07, 6.45) is -2.92. The number of carbonyl (C=O) groups is 1. The first-order valence-corrected chi connectivity index (χ1v) is 10.0. The zero-order valence-electron chi connectivity index (χ0n) is 17.8. The fraction of sp³-hybridized carbons (Fsp3) is 0.524. The Hall–Kier alpha value is -2.39. The summed E-state index contributed by atoms with van der Waals surface area (Å²) in [5.41, 5.74) is 0.595. The van der Waals surface area contributed by atoms with Crippen molar-refractivity contribution in [2.24, 2.45) is 7.05 Å².